The smallest absolute Gasteiger partial charge is 0.0931 e. The van der Waals surface area contributed by atoms with E-state index in [1.54, 1.807) is 11.3 Å². The Morgan fingerprint density at radius 3 is 2.79 bits per heavy atom. The Kier molecular flexibility index (Phi) is 5.73. The molecule has 0 aliphatic heterocycles. The summed E-state index contributed by atoms with van der Waals surface area (Å²) in [5.74, 6) is 3.08. The summed E-state index contributed by atoms with van der Waals surface area (Å²) < 4.78 is 0.933. The Balaban J connectivity index is 1.98. The van der Waals surface area contributed by atoms with E-state index in [0.29, 0.717) is 5.92 Å². The molecule has 3 unspecified atom stereocenters. The van der Waals surface area contributed by atoms with Crippen LogP contribution in [-0.4, -0.2) is 13.1 Å². The average Bonchev–Trinajstić information content (AvgIpc) is 2.77. The van der Waals surface area contributed by atoms with E-state index in [0.717, 1.165) is 35.2 Å². The minimum atomic E-state index is 0.709. The highest BCUT2D eigenvalue weighted by atomic mass is 35.5. The van der Waals surface area contributed by atoms with Gasteiger partial charge in [-0.25, -0.2) is 0 Å². The number of hydrogen-bond donors (Lipinski definition) is 1. The highest BCUT2D eigenvalue weighted by molar-refractivity contribution is 7.16. The van der Waals surface area contributed by atoms with Gasteiger partial charge in [0.15, 0.2) is 0 Å². The Labute approximate surface area is 126 Å². The first kappa shape index (κ1) is 15.3. The van der Waals surface area contributed by atoms with Gasteiger partial charge in [0.25, 0.3) is 0 Å². The van der Waals surface area contributed by atoms with Crippen LogP contribution in [0, 0.1) is 17.8 Å². The summed E-state index contributed by atoms with van der Waals surface area (Å²) in [5.41, 5.74) is 0. The lowest BCUT2D eigenvalue weighted by Gasteiger charge is -2.34. The highest BCUT2D eigenvalue weighted by Gasteiger charge is 2.30. The molecule has 1 aromatic heterocycles. The third-order valence-corrected chi connectivity index (χ3v) is 5.54. The molecule has 1 aliphatic carbocycles. The lowest BCUT2D eigenvalue weighted by Crippen LogP contribution is -2.32. The molecule has 1 nitrogen and oxygen atoms in total. The van der Waals surface area contributed by atoms with Gasteiger partial charge in [0.05, 0.1) is 4.34 Å². The van der Waals surface area contributed by atoms with Crippen molar-refractivity contribution in [3.8, 4) is 0 Å². The van der Waals surface area contributed by atoms with Crippen molar-refractivity contribution in [1.82, 2.24) is 5.32 Å². The second kappa shape index (κ2) is 7.10. The molecular weight excluding hydrogens is 274 g/mol. The van der Waals surface area contributed by atoms with Crippen molar-refractivity contribution in [3.63, 3.8) is 0 Å². The summed E-state index contributed by atoms with van der Waals surface area (Å²) in [6, 6.07) is 4.30. The van der Waals surface area contributed by atoms with Crippen molar-refractivity contribution in [2.75, 3.05) is 13.1 Å². The number of hydrogen-bond acceptors (Lipinski definition) is 2. The topological polar surface area (TPSA) is 12.0 Å². The van der Waals surface area contributed by atoms with Crippen LogP contribution in [0.25, 0.3) is 0 Å². The van der Waals surface area contributed by atoms with Crippen molar-refractivity contribution >= 4 is 22.9 Å². The molecule has 19 heavy (non-hydrogen) atoms. The number of nitrogens with one attached hydrogen (secondary N) is 1. The largest absolute Gasteiger partial charge is 0.316 e. The predicted octanol–water partition coefficient (Wildman–Crippen LogP) is 5.17. The summed E-state index contributed by atoms with van der Waals surface area (Å²) >= 11 is 7.89. The average molecular weight is 300 g/mol. The first-order valence-electron chi connectivity index (χ1n) is 7.52. The molecule has 0 saturated heterocycles. The zero-order valence-electron chi connectivity index (χ0n) is 12.3. The molecule has 1 fully saturated rings. The van der Waals surface area contributed by atoms with Gasteiger partial charge in [0.1, 0.15) is 0 Å². The van der Waals surface area contributed by atoms with Crippen LogP contribution in [0.1, 0.15) is 50.8 Å². The quantitative estimate of drug-likeness (QED) is 0.791. The normalized spacial score (nSPS) is 27.9. The Morgan fingerprint density at radius 2 is 2.16 bits per heavy atom. The van der Waals surface area contributed by atoms with Crippen molar-refractivity contribution in [1.29, 1.82) is 0 Å². The van der Waals surface area contributed by atoms with E-state index < -0.39 is 0 Å². The minimum Gasteiger partial charge on any atom is -0.316 e. The van der Waals surface area contributed by atoms with E-state index in [4.69, 9.17) is 11.6 Å². The molecule has 1 aliphatic rings. The lowest BCUT2D eigenvalue weighted by molar-refractivity contribution is 0.242. The van der Waals surface area contributed by atoms with Gasteiger partial charge in [-0.3, -0.25) is 0 Å². The van der Waals surface area contributed by atoms with Crippen LogP contribution in [0.2, 0.25) is 4.34 Å². The van der Waals surface area contributed by atoms with E-state index in [-0.39, 0.29) is 0 Å². The van der Waals surface area contributed by atoms with Crippen LogP contribution < -0.4 is 5.32 Å². The van der Waals surface area contributed by atoms with Crippen LogP contribution in [0.4, 0.5) is 0 Å². The van der Waals surface area contributed by atoms with Crippen molar-refractivity contribution < 1.29 is 0 Å². The third-order valence-electron chi connectivity index (χ3n) is 4.17. The van der Waals surface area contributed by atoms with Crippen molar-refractivity contribution in [2.24, 2.45) is 17.8 Å². The Morgan fingerprint density at radius 1 is 1.37 bits per heavy atom. The van der Waals surface area contributed by atoms with Crippen LogP contribution in [-0.2, 0) is 0 Å². The molecule has 0 amide bonds. The maximum atomic E-state index is 6.11. The van der Waals surface area contributed by atoms with Crippen LogP contribution in [0.3, 0.4) is 0 Å². The van der Waals surface area contributed by atoms with Gasteiger partial charge in [-0.2, -0.15) is 0 Å². The summed E-state index contributed by atoms with van der Waals surface area (Å²) in [6.45, 7) is 9.22. The number of halogens is 1. The summed E-state index contributed by atoms with van der Waals surface area (Å²) in [5, 5.41) is 3.65. The third kappa shape index (κ3) is 4.47. The number of rotatable bonds is 5. The molecule has 0 radical (unpaired) electrons. The standard InChI is InChI=1S/C16H26ClNS/c1-11(2)9-18-10-13-5-4-12(3)8-14(13)15-6-7-16(17)19-15/h6-7,11-14,18H,4-5,8-10H2,1-3H3. The molecule has 0 aromatic carbocycles. The van der Waals surface area contributed by atoms with Crippen molar-refractivity contribution in [2.45, 2.75) is 46.0 Å². The summed E-state index contributed by atoms with van der Waals surface area (Å²) in [7, 11) is 0. The highest BCUT2D eigenvalue weighted by Crippen LogP contribution is 2.43. The number of thiophene rings is 1. The Bertz CT molecular complexity index is 388. The molecule has 3 atom stereocenters. The maximum Gasteiger partial charge on any atom is 0.0931 e. The lowest BCUT2D eigenvalue weighted by atomic mass is 9.74. The van der Waals surface area contributed by atoms with Gasteiger partial charge >= 0.3 is 0 Å². The second-order valence-corrected chi connectivity index (χ2v) is 8.23. The molecule has 2 rings (SSSR count). The molecule has 0 bridgehead atoms. The van der Waals surface area contributed by atoms with E-state index in [1.165, 1.54) is 24.1 Å². The molecule has 1 heterocycles. The molecule has 108 valence electrons. The SMILES string of the molecule is CC(C)CNCC1CCC(C)CC1c1ccc(Cl)s1. The summed E-state index contributed by atoms with van der Waals surface area (Å²) in [6.07, 6.45) is 4.06. The van der Waals surface area contributed by atoms with Crippen LogP contribution in [0.15, 0.2) is 12.1 Å². The zero-order valence-corrected chi connectivity index (χ0v) is 13.9. The van der Waals surface area contributed by atoms with E-state index in [1.807, 2.05) is 0 Å². The molecule has 3 heteroatoms. The van der Waals surface area contributed by atoms with E-state index in [9.17, 15) is 0 Å². The van der Waals surface area contributed by atoms with Crippen LogP contribution in [0.5, 0.6) is 0 Å². The molecule has 1 N–H and O–H groups in total. The fourth-order valence-electron chi connectivity index (χ4n) is 3.12. The maximum absolute atomic E-state index is 6.11. The van der Waals surface area contributed by atoms with Crippen molar-refractivity contribution in [3.05, 3.63) is 21.3 Å². The fraction of sp³-hybridized carbons (Fsp3) is 0.750. The van der Waals surface area contributed by atoms with Gasteiger partial charge in [-0.05, 0) is 61.7 Å². The molecular formula is C16H26ClNS. The molecule has 0 spiro atoms. The Hall–Kier alpha value is -0.0500. The monoisotopic (exact) mass is 299 g/mol. The van der Waals surface area contributed by atoms with E-state index in [2.05, 4.69) is 38.2 Å². The van der Waals surface area contributed by atoms with Crippen LogP contribution >= 0.6 is 22.9 Å². The molecule has 1 aromatic rings. The first-order chi connectivity index (χ1) is 9.06. The van der Waals surface area contributed by atoms with Gasteiger partial charge in [0, 0.05) is 4.88 Å². The van der Waals surface area contributed by atoms with E-state index >= 15 is 0 Å². The summed E-state index contributed by atoms with van der Waals surface area (Å²) in [4.78, 5) is 1.49. The van der Waals surface area contributed by atoms with Gasteiger partial charge < -0.3 is 5.32 Å². The van der Waals surface area contributed by atoms with Gasteiger partial charge in [-0.1, -0.05) is 38.8 Å². The first-order valence-corrected chi connectivity index (χ1v) is 8.71. The zero-order chi connectivity index (χ0) is 13.8. The molecule has 1 saturated carbocycles. The van der Waals surface area contributed by atoms with Gasteiger partial charge in [0.2, 0.25) is 0 Å². The minimum absolute atomic E-state index is 0.709. The van der Waals surface area contributed by atoms with Gasteiger partial charge in [-0.15, -0.1) is 11.3 Å². The fourth-order valence-corrected chi connectivity index (χ4v) is 4.39. The predicted molar refractivity (Wildman–Crippen MR) is 86.3 cm³/mol. The second-order valence-electron chi connectivity index (χ2n) is 6.48.